The number of nitrogens with one attached hydrogen (secondary N) is 2. The molecule has 0 heterocycles. The maximum absolute atomic E-state index is 12.6. The number of fused-ring (bicyclic) bond motifs is 3. The summed E-state index contributed by atoms with van der Waals surface area (Å²) in [5.41, 5.74) is 4.60. The molecule has 2 aliphatic carbocycles. The number of hydrogen-bond acceptors (Lipinski definition) is 4. The molecule has 0 radical (unpaired) electrons. The average molecular weight is 437 g/mol. The first-order chi connectivity index (χ1) is 15.5. The summed E-state index contributed by atoms with van der Waals surface area (Å²) < 4.78 is 5.59. The molecule has 2 aliphatic rings. The molecule has 2 amide bonds. The van der Waals surface area contributed by atoms with Crippen LogP contribution >= 0.6 is 0 Å². The fraction of sp³-hybridized carbons (Fsp3) is 0.400. The Morgan fingerprint density at radius 2 is 1.66 bits per heavy atom. The zero-order valence-electron chi connectivity index (χ0n) is 18.0. The lowest BCUT2D eigenvalue weighted by molar-refractivity contribution is -0.142. The summed E-state index contributed by atoms with van der Waals surface area (Å²) in [5, 5.41) is 14.6. The van der Waals surface area contributed by atoms with Crippen molar-refractivity contribution in [3.8, 4) is 11.1 Å². The summed E-state index contributed by atoms with van der Waals surface area (Å²) in [5.74, 6) is -1.87. The lowest BCUT2D eigenvalue weighted by Crippen LogP contribution is -2.48. The second-order valence-corrected chi connectivity index (χ2v) is 8.42. The van der Waals surface area contributed by atoms with Crippen LogP contribution in [0.1, 0.15) is 49.7 Å². The number of aliphatic carboxylic acids is 1. The third-order valence-electron chi connectivity index (χ3n) is 6.52. The Hall–Kier alpha value is -3.35. The second-order valence-electron chi connectivity index (χ2n) is 8.42. The van der Waals surface area contributed by atoms with E-state index in [1.165, 1.54) is 0 Å². The second kappa shape index (κ2) is 9.42. The molecule has 2 aromatic rings. The molecule has 0 aliphatic heterocycles. The van der Waals surface area contributed by atoms with E-state index in [1.54, 1.807) is 6.92 Å². The number of amides is 2. The Kier molecular flexibility index (Phi) is 6.44. The molecule has 2 aromatic carbocycles. The third-order valence-corrected chi connectivity index (χ3v) is 6.52. The highest BCUT2D eigenvalue weighted by Gasteiger charge is 2.36. The van der Waals surface area contributed by atoms with Gasteiger partial charge in [0.15, 0.2) is 0 Å². The van der Waals surface area contributed by atoms with Crippen molar-refractivity contribution < 1.29 is 24.2 Å². The van der Waals surface area contributed by atoms with Gasteiger partial charge in [0.1, 0.15) is 12.6 Å². The van der Waals surface area contributed by atoms with Gasteiger partial charge in [-0.05, 0) is 41.5 Å². The zero-order chi connectivity index (χ0) is 22.7. The Morgan fingerprint density at radius 3 is 2.25 bits per heavy atom. The van der Waals surface area contributed by atoms with E-state index in [1.807, 2.05) is 24.3 Å². The van der Waals surface area contributed by atoms with Crippen LogP contribution in [0.25, 0.3) is 11.1 Å². The lowest BCUT2D eigenvalue weighted by Gasteiger charge is -2.22. The van der Waals surface area contributed by atoms with Crippen molar-refractivity contribution in [2.75, 3.05) is 6.61 Å². The Morgan fingerprint density at radius 1 is 1.03 bits per heavy atom. The van der Waals surface area contributed by atoms with Crippen LogP contribution < -0.4 is 10.6 Å². The first kappa shape index (κ1) is 21.9. The largest absolute Gasteiger partial charge is 0.480 e. The van der Waals surface area contributed by atoms with Gasteiger partial charge in [-0.3, -0.25) is 4.79 Å². The van der Waals surface area contributed by atoms with E-state index in [0.29, 0.717) is 19.3 Å². The smallest absolute Gasteiger partial charge is 0.407 e. The number of ether oxygens (including phenoxy) is 1. The van der Waals surface area contributed by atoms with Crippen LogP contribution in [0.5, 0.6) is 0 Å². The number of benzene rings is 2. The zero-order valence-corrected chi connectivity index (χ0v) is 18.0. The van der Waals surface area contributed by atoms with Crippen molar-refractivity contribution in [1.29, 1.82) is 0 Å². The van der Waals surface area contributed by atoms with E-state index in [2.05, 4.69) is 34.9 Å². The minimum Gasteiger partial charge on any atom is -0.480 e. The fourth-order valence-corrected chi connectivity index (χ4v) is 4.86. The topological polar surface area (TPSA) is 105 Å². The van der Waals surface area contributed by atoms with Gasteiger partial charge in [-0.25, -0.2) is 9.59 Å². The van der Waals surface area contributed by atoms with Crippen molar-refractivity contribution in [3.05, 3.63) is 59.7 Å². The molecule has 0 saturated heterocycles. The molecule has 3 atom stereocenters. The highest BCUT2D eigenvalue weighted by molar-refractivity contribution is 5.86. The molecule has 1 fully saturated rings. The molecular weight excluding hydrogens is 408 g/mol. The number of carbonyl (C=O) groups is 3. The molecule has 3 N–H and O–H groups in total. The number of carbonyl (C=O) groups excluding carboxylic acids is 2. The number of carboxylic acid groups (broad SMARTS) is 1. The molecule has 0 bridgehead atoms. The van der Waals surface area contributed by atoms with E-state index in [-0.39, 0.29) is 24.5 Å². The molecule has 7 nitrogen and oxygen atoms in total. The molecule has 4 rings (SSSR count). The predicted molar refractivity (Wildman–Crippen MR) is 119 cm³/mol. The quantitative estimate of drug-likeness (QED) is 0.614. The van der Waals surface area contributed by atoms with Crippen LogP contribution in [0.4, 0.5) is 4.79 Å². The lowest BCUT2D eigenvalue weighted by atomic mass is 9.98. The summed E-state index contributed by atoms with van der Waals surface area (Å²) in [6, 6.07) is 15.0. The van der Waals surface area contributed by atoms with Crippen LogP contribution in [0.2, 0.25) is 0 Å². The average Bonchev–Trinajstić information content (AvgIpc) is 3.38. The van der Waals surface area contributed by atoms with Crippen LogP contribution in [0.15, 0.2) is 48.5 Å². The van der Waals surface area contributed by atoms with Gasteiger partial charge < -0.3 is 20.5 Å². The van der Waals surface area contributed by atoms with Crippen molar-refractivity contribution >= 4 is 18.0 Å². The number of carboxylic acids is 1. The molecular formula is C25H28N2O5. The normalized spacial score (nSPS) is 20.2. The SMILES string of the molecule is CC[C@@H](NC(=O)[C@H]1CCC[C@H]1NC(=O)OCC1c2ccccc2-c2ccccc21)C(=O)O. The molecule has 32 heavy (non-hydrogen) atoms. The summed E-state index contributed by atoms with van der Waals surface area (Å²) in [7, 11) is 0. The highest BCUT2D eigenvalue weighted by Crippen LogP contribution is 2.44. The standard InChI is InChI=1S/C25H28N2O5/c1-2-21(24(29)30)26-23(28)19-12-7-13-22(19)27-25(31)32-14-20-17-10-5-3-8-15(17)16-9-4-6-11-18(16)20/h3-6,8-11,19-22H,2,7,12-14H2,1H3,(H,26,28)(H,27,31)(H,29,30)/t19-,21+,22+/m0/s1. The van der Waals surface area contributed by atoms with Gasteiger partial charge >= 0.3 is 12.1 Å². The molecule has 7 heteroatoms. The van der Waals surface area contributed by atoms with Gasteiger partial charge in [0.05, 0.1) is 5.92 Å². The minimum absolute atomic E-state index is 0.0308. The molecule has 0 spiro atoms. The van der Waals surface area contributed by atoms with Gasteiger partial charge in [-0.15, -0.1) is 0 Å². The Balaban J connectivity index is 1.37. The van der Waals surface area contributed by atoms with Gasteiger partial charge in [-0.2, -0.15) is 0 Å². The first-order valence-corrected chi connectivity index (χ1v) is 11.1. The molecule has 0 aromatic heterocycles. The van der Waals surface area contributed by atoms with Crippen molar-refractivity contribution in [2.45, 2.75) is 50.6 Å². The number of rotatable bonds is 7. The van der Waals surface area contributed by atoms with E-state index in [0.717, 1.165) is 28.7 Å². The Labute approximate surface area is 187 Å². The van der Waals surface area contributed by atoms with Crippen LogP contribution in [-0.4, -0.2) is 41.8 Å². The fourth-order valence-electron chi connectivity index (χ4n) is 4.86. The Bertz CT molecular complexity index is 975. The van der Waals surface area contributed by atoms with Crippen LogP contribution in [-0.2, 0) is 14.3 Å². The monoisotopic (exact) mass is 436 g/mol. The number of hydrogen-bond donors (Lipinski definition) is 3. The van der Waals surface area contributed by atoms with Crippen LogP contribution in [0.3, 0.4) is 0 Å². The first-order valence-electron chi connectivity index (χ1n) is 11.1. The van der Waals surface area contributed by atoms with E-state index >= 15 is 0 Å². The minimum atomic E-state index is -1.06. The summed E-state index contributed by atoms with van der Waals surface area (Å²) >= 11 is 0. The predicted octanol–water partition coefficient (Wildman–Crippen LogP) is 3.67. The molecule has 1 saturated carbocycles. The summed E-state index contributed by atoms with van der Waals surface area (Å²) in [6.45, 7) is 1.92. The number of alkyl carbamates (subject to hydrolysis) is 1. The van der Waals surface area contributed by atoms with Crippen molar-refractivity contribution in [2.24, 2.45) is 5.92 Å². The highest BCUT2D eigenvalue weighted by atomic mass is 16.5. The summed E-state index contributed by atoms with van der Waals surface area (Å²) in [4.78, 5) is 36.4. The van der Waals surface area contributed by atoms with E-state index in [4.69, 9.17) is 4.74 Å². The van der Waals surface area contributed by atoms with Crippen molar-refractivity contribution in [1.82, 2.24) is 10.6 Å². The third kappa shape index (κ3) is 4.33. The van der Waals surface area contributed by atoms with E-state index in [9.17, 15) is 19.5 Å². The van der Waals surface area contributed by atoms with Gasteiger partial charge in [0, 0.05) is 12.0 Å². The van der Waals surface area contributed by atoms with Gasteiger partial charge in [0.2, 0.25) is 5.91 Å². The maximum atomic E-state index is 12.6. The van der Waals surface area contributed by atoms with Crippen LogP contribution in [0, 0.1) is 5.92 Å². The maximum Gasteiger partial charge on any atom is 0.407 e. The summed E-state index contributed by atoms with van der Waals surface area (Å²) in [6.07, 6.45) is 1.80. The molecule has 168 valence electrons. The van der Waals surface area contributed by atoms with Gasteiger partial charge in [0.25, 0.3) is 0 Å². The van der Waals surface area contributed by atoms with Gasteiger partial charge in [-0.1, -0.05) is 61.9 Å². The van der Waals surface area contributed by atoms with E-state index < -0.39 is 24.0 Å². The van der Waals surface area contributed by atoms with Crippen molar-refractivity contribution in [3.63, 3.8) is 0 Å². The molecule has 0 unspecified atom stereocenters.